The normalized spacial score (nSPS) is 13.1. The second-order valence-electron chi connectivity index (χ2n) is 3.98. The fourth-order valence-electron chi connectivity index (χ4n) is 1.32. The van der Waals surface area contributed by atoms with E-state index in [1.807, 2.05) is 0 Å². The molecular weight excluding hydrogens is 291 g/mol. The van der Waals surface area contributed by atoms with Crippen molar-refractivity contribution in [1.82, 2.24) is 0 Å². The van der Waals surface area contributed by atoms with Crippen LogP contribution in [0.2, 0.25) is 0 Å². The molecule has 0 saturated carbocycles. The highest BCUT2D eigenvalue weighted by Gasteiger charge is 2.10. The number of aliphatic hydroxyl groups is 1. The molecule has 0 aliphatic heterocycles. The quantitative estimate of drug-likeness (QED) is 0.896. The second kappa shape index (κ2) is 6.62. The highest BCUT2D eigenvalue weighted by atomic mass is 79.9. The minimum absolute atomic E-state index is 0.253. The third-order valence-corrected chi connectivity index (χ3v) is 3.82. The van der Waals surface area contributed by atoms with E-state index in [2.05, 4.69) is 29.8 Å². The summed E-state index contributed by atoms with van der Waals surface area (Å²) in [5.74, 6) is 0.390. The zero-order valence-corrected chi connectivity index (χ0v) is 11.8. The van der Waals surface area contributed by atoms with Gasteiger partial charge in [-0.25, -0.2) is 4.39 Å². The van der Waals surface area contributed by atoms with Crippen molar-refractivity contribution >= 4 is 27.7 Å². The maximum absolute atomic E-state index is 13.4. The Morgan fingerprint density at radius 3 is 2.75 bits per heavy atom. The monoisotopic (exact) mass is 306 g/mol. The van der Waals surface area contributed by atoms with Crippen molar-refractivity contribution in [2.75, 3.05) is 5.75 Å². The summed E-state index contributed by atoms with van der Waals surface area (Å²) in [5, 5.41) is 10.3. The molecule has 0 radical (unpaired) electrons. The van der Waals surface area contributed by atoms with E-state index >= 15 is 0 Å². The third kappa shape index (κ3) is 4.85. The molecule has 0 aliphatic rings. The van der Waals surface area contributed by atoms with Gasteiger partial charge in [0.15, 0.2) is 0 Å². The summed E-state index contributed by atoms with van der Waals surface area (Å²) >= 11 is 4.98. The largest absolute Gasteiger partial charge is 0.392 e. The van der Waals surface area contributed by atoms with Crippen LogP contribution in [0.15, 0.2) is 22.7 Å². The molecular formula is C12H16BrFOS. The predicted molar refractivity (Wildman–Crippen MR) is 71.4 cm³/mol. The third-order valence-electron chi connectivity index (χ3n) is 2.09. The number of hydrogen-bond acceptors (Lipinski definition) is 2. The van der Waals surface area contributed by atoms with Crippen LogP contribution in [-0.4, -0.2) is 22.2 Å². The van der Waals surface area contributed by atoms with E-state index in [1.165, 1.54) is 6.07 Å². The van der Waals surface area contributed by atoms with E-state index < -0.39 is 6.10 Å². The van der Waals surface area contributed by atoms with E-state index in [9.17, 15) is 9.50 Å². The summed E-state index contributed by atoms with van der Waals surface area (Å²) in [7, 11) is 0. The Bertz CT molecular complexity index is 344. The summed E-state index contributed by atoms with van der Waals surface area (Å²) < 4.78 is 14.2. The topological polar surface area (TPSA) is 20.2 Å². The first kappa shape index (κ1) is 14.0. The van der Waals surface area contributed by atoms with Crippen molar-refractivity contribution in [3.05, 3.63) is 34.1 Å². The highest BCUT2D eigenvalue weighted by Crippen LogP contribution is 2.19. The molecule has 0 heterocycles. The van der Waals surface area contributed by atoms with E-state index in [0.29, 0.717) is 23.0 Å². The molecule has 4 heteroatoms. The summed E-state index contributed by atoms with van der Waals surface area (Å²) in [5.41, 5.74) is 0.561. The lowest BCUT2D eigenvalue weighted by Crippen LogP contribution is -2.15. The Balaban J connectivity index is 2.55. The van der Waals surface area contributed by atoms with Crippen molar-refractivity contribution in [1.29, 1.82) is 0 Å². The first-order chi connectivity index (χ1) is 7.49. The molecule has 1 aromatic carbocycles. The number of rotatable bonds is 5. The van der Waals surface area contributed by atoms with Crippen LogP contribution in [0.4, 0.5) is 4.39 Å². The zero-order valence-electron chi connectivity index (χ0n) is 9.41. The Labute approximate surface area is 109 Å². The Morgan fingerprint density at radius 1 is 1.44 bits per heavy atom. The molecule has 0 saturated heterocycles. The van der Waals surface area contributed by atoms with Gasteiger partial charge < -0.3 is 5.11 Å². The van der Waals surface area contributed by atoms with Crippen LogP contribution in [0.3, 0.4) is 0 Å². The van der Waals surface area contributed by atoms with Crippen LogP contribution in [-0.2, 0) is 6.42 Å². The van der Waals surface area contributed by atoms with Gasteiger partial charge in [-0.1, -0.05) is 29.8 Å². The lowest BCUT2D eigenvalue weighted by Gasteiger charge is -2.12. The number of halogens is 2. The highest BCUT2D eigenvalue weighted by molar-refractivity contribution is 9.10. The second-order valence-corrected chi connectivity index (χ2v) is 6.50. The first-order valence-electron chi connectivity index (χ1n) is 5.22. The molecule has 1 nitrogen and oxygen atoms in total. The Kier molecular flexibility index (Phi) is 5.79. The molecule has 0 bridgehead atoms. The number of benzene rings is 1. The fourth-order valence-corrected chi connectivity index (χ4v) is 2.45. The first-order valence-corrected chi connectivity index (χ1v) is 7.07. The lowest BCUT2D eigenvalue weighted by molar-refractivity contribution is 0.198. The van der Waals surface area contributed by atoms with Crippen LogP contribution in [0.25, 0.3) is 0 Å². The minimum Gasteiger partial charge on any atom is -0.392 e. The lowest BCUT2D eigenvalue weighted by atomic mass is 10.1. The molecule has 1 unspecified atom stereocenters. The van der Waals surface area contributed by atoms with Crippen LogP contribution in [0.1, 0.15) is 19.4 Å². The van der Waals surface area contributed by atoms with Crippen LogP contribution < -0.4 is 0 Å². The predicted octanol–water partition coefficient (Wildman–Crippen LogP) is 3.63. The molecule has 1 N–H and O–H groups in total. The van der Waals surface area contributed by atoms with E-state index in [1.54, 1.807) is 23.9 Å². The average Bonchev–Trinajstić information content (AvgIpc) is 2.20. The van der Waals surface area contributed by atoms with Gasteiger partial charge in [0.05, 0.1) is 6.10 Å². The SMILES string of the molecule is CC(C)SCC(O)Cc1cc(Br)ccc1F. The van der Waals surface area contributed by atoms with Gasteiger partial charge in [0, 0.05) is 16.6 Å². The average molecular weight is 307 g/mol. The molecule has 0 fully saturated rings. The van der Waals surface area contributed by atoms with E-state index in [4.69, 9.17) is 0 Å². The van der Waals surface area contributed by atoms with Gasteiger partial charge in [-0.3, -0.25) is 0 Å². The molecule has 0 aromatic heterocycles. The van der Waals surface area contributed by atoms with Gasteiger partial charge in [0.2, 0.25) is 0 Å². The molecule has 0 aliphatic carbocycles. The smallest absolute Gasteiger partial charge is 0.126 e. The molecule has 0 amide bonds. The van der Waals surface area contributed by atoms with Gasteiger partial charge in [-0.2, -0.15) is 11.8 Å². The Hall–Kier alpha value is -0.0600. The molecule has 90 valence electrons. The van der Waals surface area contributed by atoms with Crippen molar-refractivity contribution in [2.45, 2.75) is 31.6 Å². The fraction of sp³-hybridized carbons (Fsp3) is 0.500. The van der Waals surface area contributed by atoms with E-state index in [-0.39, 0.29) is 5.82 Å². The number of aliphatic hydroxyl groups excluding tert-OH is 1. The summed E-state index contributed by atoms with van der Waals surface area (Å²) in [4.78, 5) is 0. The standard InChI is InChI=1S/C12H16BrFOS/c1-8(2)16-7-11(15)6-9-5-10(13)3-4-12(9)14/h3-5,8,11,15H,6-7H2,1-2H3. The van der Waals surface area contributed by atoms with Gasteiger partial charge >= 0.3 is 0 Å². The molecule has 0 spiro atoms. The van der Waals surface area contributed by atoms with Gasteiger partial charge in [-0.05, 0) is 29.0 Å². The maximum atomic E-state index is 13.4. The van der Waals surface area contributed by atoms with Gasteiger partial charge in [0.25, 0.3) is 0 Å². The van der Waals surface area contributed by atoms with E-state index in [0.717, 1.165) is 4.47 Å². The number of hydrogen-bond donors (Lipinski definition) is 1. The summed E-state index contributed by atoms with van der Waals surface area (Å²) in [6, 6.07) is 4.80. The summed E-state index contributed by atoms with van der Waals surface area (Å²) in [6.45, 7) is 4.16. The van der Waals surface area contributed by atoms with Crippen molar-refractivity contribution in [3.63, 3.8) is 0 Å². The Morgan fingerprint density at radius 2 is 2.12 bits per heavy atom. The minimum atomic E-state index is -0.490. The molecule has 1 rings (SSSR count). The molecule has 16 heavy (non-hydrogen) atoms. The van der Waals surface area contributed by atoms with Crippen LogP contribution in [0.5, 0.6) is 0 Å². The summed E-state index contributed by atoms with van der Waals surface area (Å²) in [6.07, 6.45) is -0.124. The van der Waals surface area contributed by atoms with Gasteiger partial charge in [0.1, 0.15) is 5.82 Å². The van der Waals surface area contributed by atoms with Crippen LogP contribution in [0, 0.1) is 5.82 Å². The molecule has 1 aromatic rings. The van der Waals surface area contributed by atoms with Gasteiger partial charge in [-0.15, -0.1) is 0 Å². The van der Waals surface area contributed by atoms with Crippen molar-refractivity contribution in [2.24, 2.45) is 0 Å². The van der Waals surface area contributed by atoms with Crippen LogP contribution >= 0.6 is 27.7 Å². The zero-order chi connectivity index (χ0) is 12.1. The molecule has 1 atom stereocenters. The maximum Gasteiger partial charge on any atom is 0.126 e. The number of thioether (sulfide) groups is 1. The van der Waals surface area contributed by atoms with Crippen molar-refractivity contribution < 1.29 is 9.50 Å². The van der Waals surface area contributed by atoms with Crippen molar-refractivity contribution in [3.8, 4) is 0 Å².